The molecule has 0 aliphatic rings. The van der Waals surface area contributed by atoms with E-state index in [4.69, 9.17) is 15.3 Å². The first-order valence-corrected chi connectivity index (χ1v) is 10.1. The molecule has 0 atom stereocenters. The SMILES string of the molecule is CCCO.CCCO.CCCO.[CH2-][Si](C)(C)C.[Hf]. The summed E-state index contributed by atoms with van der Waals surface area (Å²) in [7, 11) is -0.861. The van der Waals surface area contributed by atoms with E-state index < -0.39 is 8.07 Å². The maximum atomic E-state index is 7.88. The minimum atomic E-state index is -0.861. The van der Waals surface area contributed by atoms with E-state index in [2.05, 4.69) is 26.2 Å². The molecule has 18 heavy (non-hydrogen) atoms. The second-order valence-corrected chi connectivity index (χ2v) is 9.85. The quantitative estimate of drug-likeness (QED) is 0.462. The molecule has 3 nitrogen and oxygen atoms in total. The third-order valence-electron chi connectivity index (χ3n) is 0.671. The van der Waals surface area contributed by atoms with Crippen LogP contribution in [-0.2, 0) is 25.8 Å². The fourth-order valence-electron chi connectivity index (χ4n) is 0. The van der Waals surface area contributed by atoms with Gasteiger partial charge in [-0.15, -0.1) is 8.07 Å². The predicted octanol–water partition coefficient (Wildman–Crippen LogP) is 2.86. The van der Waals surface area contributed by atoms with E-state index in [1.165, 1.54) is 0 Å². The average molecular weight is 446 g/mol. The van der Waals surface area contributed by atoms with Crippen LogP contribution in [0.4, 0.5) is 0 Å². The summed E-state index contributed by atoms with van der Waals surface area (Å²) >= 11 is 0. The van der Waals surface area contributed by atoms with Crippen molar-refractivity contribution >= 4 is 8.07 Å². The summed E-state index contributed by atoms with van der Waals surface area (Å²) in [6.07, 6.45) is 2.62. The van der Waals surface area contributed by atoms with Gasteiger partial charge < -0.3 is 21.9 Å². The largest absolute Gasteiger partial charge is 0.396 e. The topological polar surface area (TPSA) is 60.7 Å². The van der Waals surface area contributed by atoms with Crippen LogP contribution >= 0.6 is 0 Å². The molecule has 3 N–H and O–H groups in total. The van der Waals surface area contributed by atoms with E-state index in [-0.39, 0.29) is 25.8 Å². The first kappa shape index (κ1) is 31.4. The molecule has 5 heteroatoms. The standard InChI is InChI=1S/C4H11Si.3C3H8O.Hf/c1-5(2,3)4;3*1-2-3-4;/h1H2,2-4H3;3*4H,2-3H2,1H3;/q-1;;;;. The average Bonchev–Trinajstić information content (AvgIpc) is 2.27. The Kier molecular flexibility index (Phi) is 53.6. The van der Waals surface area contributed by atoms with Crippen molar-refractivity contribution in [2.45, 2.75) is 59.7 Å². The minimum absolute atomic E-state index is 0. The van der Waals surface area contributed by atoms with E-state index >= 15 is 0 Å². The molecule has 0 saturated heterocycles. The van der Waals surface area contributed by atoms with Crippen molar-refractivity contribution in [2.24, 2.45) is 0 Å². The van der Waals surface area contributed by atoms with Crippen LogP contribution in [0.5, 0.6) is 0 Å². The molecule has 0 aromatic rings. The van der Waals surface area contributed by atoms with Crippen LogP contribution in [0.3, 0.4) is 0 Å². The maximum absolute atomic E-state index is 7.88. The molecule has 0 spiro atoms. The predicted molar refractivity (Wildman–Crippen MR) is 80.8 cm³/mol. The van der Waals surface area contributed by atoms with Crippen LogP contribution in [0.1, 0.15) is 40.0 Å². The molecule has 114 valence electrons. The molecular weight excluding hydrogens is 411 g/mol. The van der Waals surface area contributed by atoms with Crippen LogP contribution in [0.25, 0.3) is 0 Å². The summed E-state index contributed by atoms with van der Waals surface area (Å²) in [5, 5.41) is 23.6. The van der Waals surface area contributed by atoms with E-state index in [0.29, 0.717) is 19.8 Å². The Balaban J connectivity index is -0.0000000412. The summed E-state index contributed by atoms with van der Waals surface area (Å²) in [6.45, 7) is 17.3. The van der Waals surface area contributed by atoms with Crippen molar-refractivity contribution in [1.29, 1.82) is 0 Å². The van der Waals surface area contributed by atoms with Gasteiger partial charge in [0, 0.05) is 45.7 Å². The molecule has 0 bridgehead atoms. The smallest absolute Gasteiger partial charge is 0.0428 e. The summed E-state index contributed by atoms with van der Waals surface area (Å²) in [6, 6.07) is 0. The zero-order chi connectivity index (χ0) is 14.7. The number of aliphatic hydroxyl groups excluding tert-OH is 3. The molecule has 0 rings (SSSR count). The molecular formula is C13H35HfO3Si-. The number of aliphatic hydroxyl groups is 3. The molecule has 0 heterocycles. The van der Waals surface area contributed by atoms with Crippen molar-refractivity contribution in [1.82, 2.24) is 0 Å². The Morgan fingerprint density at radius 3 is 0.778 bits per heavy atom. The zero-order valence-corrected chi connectivity index (χ0v) is 17.9. The van der Waals surface area contributed by atoms with Gasteiger partial charge in [0.05, 0.1) is 0 Å². The Morgan fingerprint density at radius 1 is 0.722 bits per heavy atom. The summed E-state index contributed by atoms with van der Waals surface area (Å²) in [5.41, 5.74) is 0. The molecule has 0 aliphatic heterocycles. The van der Waals surface area contributed by atoms with E-state index in [1.54, 1.807) is 0 Å². The van der Waals surface area contributed by atoms with E-state index in [1.807, 2.05) is 20.8 Å². The van der Waals surface area contributed by atoms with Gasteiger partial charge in [-0.2, -0.15) is 0 Å². The van der Waals surface area contributed by atoms with Crippen LogP contribution in [0, 0.1) is 6.55 Å². The molecule has 0 radical (unpaired) electrons. The number of rotatable bonds is 3. The molecule has 0 unspecified atom stereocenters. The van der Waals surface area contributed by atoms with Gasteiger partial charge in [0.1, 0.15) is 0 Å². The van der Waals surface area contributed by atoms with Crippen LogP contribution < -0.4 is 0 Å². The second kappa shape index (κ2) is 30.8. The Labute approximate surface area is 135 Å². The Morgan fingerprint density at radius 2 is 0.778 bits per heavy atom. The van der Waals surface area contributed by atoms with Crippen LogP contribution in [0.2, 0.25) is 19.6 Å². The van der Waals surface area contributed by atoms with Crippen molar-refractivity contribution in [3.8, 4) is 0 Å². The zero-order valence-electron chi connectivity index (χ0n) is 13.3. The normalized spacial score (nSPS) is 8.33. The maximum Gasteiger partial charge on any atom is 0.0428 e. The van der Waals surface area contributed by atoms with Crippen molar-refractivity contribution in [2.75, 3.05) is 19.8 Å². The molecule has 0 aliphatic carbocycles. The Bertz CT molecular complexity index is 77.2. The van der Waals surface area contributed by atoms with Crippen LogP contribution in [0.15, 0.2) is 0 Å². The molecule has 0 aromatic heterocycles. The third kappa shape index (κ3) is 275. The van der Waals surface area contributed by atoms with Gasteiger partial charge in [-0.25, -0.2) is 0 Å². The molecule has 0 aromatic carbocycles. The third-order valence-corrected chi connectivity index (χ3v) is 0.671. The molecule has 0 fully saturated rings. The molecule has 0 amide bonds. The van der Waals surface area contributed by atoms with Crippen molar-refractivity contribution in [3.05, 3.63) is 6.55 Å². The van der Waals surface area contributed by atoms with Gasteiger partial charge in [-0.05, 0) is 19.3 Å². The van der Waals surface area contributed by atoms with Crippen molar-refractivity contribution in [3.63, 3.8) is 0 Å². The first-order chi connectivity index (χ1) is 7.74. The first-order valence-electron chi connectivity index (χ1n) is 6.42. The minimum Gasteiger partial charge on any atom is -0.396 e. The molecule has 0 saturated carbocycles. The van der Waals surface area contributed by atoms with Gasteiger partial charge in [0.2, 0.25) is 0 Å². The number of hydrogen-bond donors (Lipinski definition) is 3. The van der Waals surface area contributed by atoms with Gasteiger partial charge in [-0.3, -0.25) is 0 Å². The second-order valence-electron chi connectivity index (χ2n) is 4.73. The summed E-state index contributed by atoms with van der Waals surface area (Å²) < 4.78 is 0. The van der Waals surface area contributed by atoms with Crippen LogP contribution in [-0.4, -0.2) is 43.2 Å². The van der Waals surface area contributed by atoms with Gasteiger partial charge in [-0.1, -0.05) is 40.4 Å². The van der Waals surface area contributed by atoms with Gasteiger partial charge in [0.25, 0.3) is 0 Å². The monoisotopic (exact) mass is 447 g/mol. The van der Waals surface area contributed by atoms with Crippen molar-refractivity contribution < 1.29 is 41.2 Å². The number of hydrogen-bond acceptors (Lipinski definition) is 3. The fraction of sp³-hybridized carbons (Fsp3) is 0.923. The van der Waals surface area contributed by atoms with E-state index in [9.17, 15) is 0 Å². The fourth-order valence-corrected chi connectivity index (χ4v) is 0. The summed E-state index contributed by atoms with van der Waals surface area (Å²) in [4.78, 5) is 0. The van der Waals surface area contributed by atoms with Gasteiger partial charge in [0.15, 0.2) is 0 Å². The van der Waals surface area contributed by atoms with E-state index in [0.717, 1.165) is 19.3 Å². The van der Waals surface area contributed by atoms with Gasteiger partial charge >= 0.3 is 0 Å². The Hall–Kier alpha value is 0.967. The summed E-state index contributed by atoms with van der Waals surface area (Å²) in [5.74, 6) is 0.